The highest BCUT2D eigenvalue weighted by atomic mass is 79.9. The smallest absolute Gasteiger partial charge is 0.243 e. The minimum absolute atomic E-state index is 0.634. The Morgan fingerprint density at radius 3 is 3.06 bits per heavy atom. The van der Waals surface area contributed by atoms with Crippen LogP contribution in [0.2, 0.25) is 0 Å². The van der Waals surface area contributed by atoms with Crippen molar-refractivity contribution in [3.8, 4) is 0 Å². The van der Waals surface area contributed by atoms with Crippen LogP contribution in [0.3, 0.4) is 0 Å². The zero-order valence-corrected chi connectivity index (χ0v) is 11.0. The lowest BCUT2D eigenvalue weighted by atomic mass is 10.1. The van der Waals surface area contributed by atoms with E-state index in [1.807, 2.05) is 18.3 Å². The Kier molecular flexibility index (Phi) is 3.43. The van der Waals surface area contributed by atoms with Crippen LogP contribution in [0.25, 0.3) is 5.65 Å². The summed E-state index contributed by atoms with van der Waals surface area (Å²) in [7, 11) is 0. The molecule has 1 unspecified atom stereocenters. The van der Waals surface area contributed by atoms with Crippen LogP contribution in [0.5, 0.6) is 0 Å². The van der Waals surface area contributed by atoms with Gasteiger partial charge in [0, 0.05) is 12.7 Å². The third-order valence-corrected chi connectivity index (χ3v) is 3.24. The number of anilines is 1. The van der Waals surface area contributed by atoms with Crippen LogP contribution in [-0.2, 0) is 0 Å². The molecule has 5 heteroatoms. The van der Waals surface area contributed by atoms with E-state index in [4.69, 9.17) is 0 Å². The summed E-state index contributed by atoms with van der Waals surface area (Å²) in [6.07, 6.45) is 3.05. The van der Waals surface area contributed by atoms with E-state index >= 15 is 0 Å². The standard InChI is InChI=1S/C11H15BrN4/c1-3-8(2)7-13-11-14-10-9(12)5-4-6-16(10)15-11/h4-6,8H,3,7H2,1-2H3,(H,13,15). The lowest BCUT2D eigenvalue weighted by molar-refractivity contribution is 0.591. The lowest BCUT2D eigenvalue weighted by Crippen LogP contribution is -2.11. The molecule has 0 radical (unpaired) electrons. The van der Waals surface area contributed by atoms with Gasteiger partial charge >= 0.3 is 0 Å². The number of pyridine rings is 1. The lowest BCUT2D eigenvalue weighted by Gasteiger charge is -2.07. The summed E-state index contributed by atoms with van der Waals surface area (Å²) in [5, 5.41) is 7.59. The van der Waals surface area contributed by atoms with E-state index in [-0.39, 0.29) is 0 Å². The zero-order chi connectivity index (χ0) is 11.5. The van der Waals surface area contributed by atoms with Gasteiger partial charge in [0.05, 0.1) is 4.47 Å². The van der Waals surface area contributed by atoms with Gasteiger partial charge in [-0.2, -0.15) is 4.98 Å². The van der Waals surface area contributed by atoms with E-state index in [2.05, 4.69) is 45.2 Å². The molecular weight excluding hydrogens is 268 g/mol. The molecule has 0 aliphatic carbocycles. The van der Waals surface area contributed by atoms with Crippen molar-refractivity contribution in [1.29, 1.82) is 0 Å². The first-order valence-electron chi connectivity index (χ1n) is 5.45. The summed E-state index contributed by atoms with van der Waals surface area (Å²) in [5.41, 5.74) is 0.842. The molecule has 1 atom stereocenters. The van der Waals surface area contributed by atoms with Crippen LogP contribution in [0.4, 0.5) is 5.95 Å². The monoisotopic (exact) mass is 282 g/mol. The molecule has 0 aliphatic rings. The van der Waals surface area contributed by atoms with Gasteiger partial charge in [0.1, 0.15) is 0 Å². The fourth-order valence-electron chi connectivity index (χ4n) is 1.36. The molecule has 0 bridgehead atoms. The molecule has 0 saturated carbocycles. The molecule has 86 valence electrons. The second kappa shape index (κ2) is 4.82. The summed E-state index contributed by atoms with van der Waals surface area (Å²) >= 11 is 3.45. The van der Waals surface area contributed by atoms with E-state index < -0.39 is 0 Å². The van der Waals surface area contributed by atoms with Crippen LogP contribution >= 0.6 is 15.9 Å². The maximum atomic E-state index is 4.41. The molecular formula is C11H15BrN4. The molecule has 0 aliphatic heterocycles. The van der Waals surface area contributed by atoms with Crippen molar-refractivity contribution in [2.24, 2.45) is 5.92 Å². The first-order chi connectivity index (χ1) is 7.70. The van der Waals surface area contributed by atoms with Crippen LogP contribution in [-0.4, -0.2) is 21.1 Å². The fourth-order valence-corrected chi connectivity index (χ4v) is 1.78. The number of hydrogen-bond acceptors (Lipinski definition) is 3. The SMILES string of the molecule is CCC(C)CNc1nc2c(Br)cccn2n1. The molecule has 0 spiro atoms. The molecule has 0 fully saturated rings. The number of halogens is 1. The predicted octanol–water partition coefficient (Wildman–Crippen LogP) is 2.95. The third-order valence-electron chi connectivity index (χ3n) is 2.62. The number of fused-ring (bicyclic) bond motifs is 1. The van der Waals surface area contributed by atoms with Crippen molar-refractivity contribution in [1.82, 2.24) is 14.6 Å². The van der Waals surface area contributed by atoms with Gasteiger partial charge in [0.25, 0.3) is 0 Å². The molecule has 0 aromatic carbocycles. The Morgan fingerprint density at radius 2 is 2.38 bits per heavy atom. The summed E-state index contributed by atoms with van der Waals surface area (Å²) in [5.74, 6) is 1.32. The van der Waals surface area contributed by atoms with Gasteiger partial charge < -0.3 is 5.32 Å². The normalized spacial score (nSPS) is 12.9. The van der Waals surface area contributed by atoms with Gasteiger partial charge in [-0.15, -0.1) is 5.10 Å². The second-order valence-electron chi connectivity index (χ2n) is 3.95. The van der Waals surface area contributed by atoms with E-state index in [9.17, 15) is 0 Å². The van der Waals surface area contributed by atoms with E-state index in [0.29, 0.717) is 11.9 Å². The largest absolute Gasteiger partial charge is 0.353 e. The van der Waals surface area contributed by atoms with Gasteiger partial charge in [-0.25, -0.2) is 4.52 Å². The van der Waals surface area contributed by atoms with Crippen molar-refractivity contribution >= 4 is 27.5 Å². The van der Waals surface area contributed by atoms with Gasteiger partial charge in [-0.05, 0) is 34.0 Å². The summed E-state index contributed by atoms with van der Waals surface area (Å²) in [6.45, 7) is 5.30. The van der Waals surface area contributed by atoms with Gasteiger partial charge in [0.15, 0.2) is 5.65 Å². The second-order valence-corrected chi connectivity index (χ2v) is 4.81. The Hall–Kier alpha value is -1.10. The Labute approximate surface area is 103 Å². The highest BCUT2D eigenvalue weighted by Crippen LogP contribution is 2.16. The Morgan fingerprint density at radius 1 is 1.56 bits per heavy atom. The van der Waals surface area contributed by atoms with Crippen molar-refractivity contribution in [2.45, 2.75) is 20.3 Å². The van der Waals surface area contributed by atoms with E-state index in [0.717, 1.165) is 23.1 Å². The first kappa shape index (κ1) is 11.4. The minimum Gasteiger partial charge on any atom is -0.353 e. The van der Waals surface area contributed by atoms with E-state index in [1.165, 1.54) is 0 Å². The first-order valence-corrected chi connectivity index (χ1v) is 6.24. The molecule has 16 heavy (non-hydrogen) atoms. The van der Waals surface area contributed by atoms with Crippen molar-refractivity contribution in [3.63, 3.8) is 0 Å². The van der Waals surface area contributed by atoms with Crippen molar-refractivity contribution in [3.05, 3.63) is 22.8 Å². The van der Waals surface area contributed by atoms with Gasteiger partial charge in [-0.3, -0.25) is 0 Å². The maximum Gasteiger partial charge on any atom is 0.243 e. The fraction of sp³-hybridized carbons (Fsp3) is 0.455. The number of nitrogens with one attached hydrogen (secondary N) is 1. The molecule has 2 rings (SSSR count). The number of aromatic nitrogens is 3. The minimum atomic E-state index is 0.634. The number of hydrogen-bond donors (Lipinski definition) is 1. The topological polar surface area (TPSA) is 42.2 Å². The molecule has 0 saturated heterocycles. The summed E-state index contributed by atoms with van der Waals surface area (Å²) in [6, 6.07) is 3.90. The average Bonchev–Trinajstić information content (AvgIpc) is 2.70. The highest BCUT2D eigenvalue weighted by Gasteiger charge is 2.06. The molecule has 1 N–H and O–H groups in total. The van der Waals surface area contributed by atoms with Crippen molar-refractivity contribution in [2.75, 3.05) is 11.9 Å². The Bertz CT molecular complexity index is 480. The number of nitrogens with zero attached hydrogens (tertiary/aromatic N) is 3. The molecule has 2 aromatic heterocycles. The molecule has 2 heterocycles. The summed E-state index contributed by atoms with van der Waals surface area (Å²) < 4.78 is 2.72. The van der Waals surface area contributed by atoms with Crippen LogP contribution < -0.4 is 5.32 Å². The van der Waals surface area contributed by atoms with Crippen LogP contribution in [0.15, 0.2) is 22.8 Å². The maximum absolute atomic E-state index is 4.41. The molecule has 0 amide bonds. The Balaban J connectivity index is 2.17. The van der Waals surface area contributed by atoms with Gasteiger partial charge in [-0.1, -0.05) is 20.3 Å². The van der Waals surface area contributed by atoms with Gasteiger partial charge in [0.2, 0.25) is 5.95 Å². The molecule has 2 aromatic rings. The van der Waals surface area contributed by atoms with Crippen LogP contribution in [0.1, 0.15) is 20.3 Å². The quantitative estimate of drug-likeness (QED) is 0.938. The molecule has 4 nitrogen and oxygen atoms in total. The van der Waals surface area contributed by atoms with Crippen LogP contribution in [0, 0.1) is 5.92 Å². The van der Waals surface area contributed by atoms with Crippen molar-refractivity contribution < 1.29 is 0 Å². The zero-order valence-electron chi connectivity index (χ0n) is 9.44. The third kappa shape index (κ3) is 2.35. The summed E-state index contributed by atoms with van der Waals surface area (Å²) in [4.78, 5) is 4.41. The average molecular weight is 283 g/mol. The van der Waals surface area contributed by atoms with E-state index in [1.54, 1.807) is 4.52 Å². The number of rotatable bonds is 4. The predicted molar refractivity (Wildman–Crippen MR) is 68.6 cm³/mol. The highest BCUT2D eigenvalue weighted by molar-refractivity contribution is 9.10.